The molecule has 1 aromatic heterocycles. The minimum absolute atomic E-state index is 0.182. The number of methoxy groups -OCH3 is 1. The first kappa shape index (κ1) is 24.2. The average Bonchev–Trinajstić information content (AvgIpc) is 3.14. The van der Waals surface area contributed by atoms with Crippen LogP contribution in [-0.2, 0) is 16.6 Å². The van der Waals surface area contributed by atoms with Gasteiger partial charge in [-0.15, -0.1) is 6.42 Å². The molecular formula is C25H27N3O4S2. The largest absolute Gasteiger partial charge is 0.497 e. The summed E-state index contributed by atoms with van der Waals surface area (Å²) in [6.45, 7) is 5.42. The van der Waals surface area contributed by atoms with Crippen molar-refractivity contribution in [3.63, 3.8) is 0 Å². The second-order valence-corrected chi connectivity index (χ2v) is 11.7. The van der Waals surface area contributed by atoms with Crippen molar-refractivity contribution < 1.29 is 17.9 Å². The predicted octanol–water partition coefficient (Wildman–Crippen LogP) is 3.75. The summed E-state index contributed by atoms with van der Waals surface area (Å²) in [5, 5.41) is 0. The third kappa shape index (κ3) is 4.80. The number of rotatable bonds is 5. The van der Waals surface area contributed by atoms with Crippen LogP contribution in [0.2, 0.25) is 0 Å². The van der Waals surface area contributed by atoms with Gasteiger partial charge in [-0.1, -0.05) is 31.1 Å². The Balaban J connectivity index is 1.64. The van der Waals surface area contributed by atoms with E-state index in [4.69, 9.17) is 11.2 Å². The number of hydrogen-bond acceptors (Lipinski definition) is 5. The lowest BCUT2D eigenvalue weighted by Crippen LogP contribution is -2.42. The van der Waals surface area contributed by atoms with E-state index in [0.29, 0.717) is 41.0 Å². The highest BCUT2D eigenvalue weighted by Crippen LogP contribution is 2.27. The molecule has 1 saturated heterocycles. The first-order valence-corrected chi connectivity index (χ1v) is 13.3. The number of carbonyl (C=O) groups is 1. The molecular weight excluding hydrogens is 470 g/mol. The number of piperidine rings is 1. The maximum Gasteiger partial charge on any atom is 0.279 e. The lowest BCUT2D eigenvalue weighted by atomic mass is 9.94. The molecule has 34 heavy (non-hydrogen) atoms. The van der Waals surface area contributed by atoms with E-state index in [9.17, 15) is 13.2 Å². The number of carbonyl (C=O) groups excluding carboxylic acids is 1. The summed E-state index contributed by atoms with van der Waals surface area (Å²) < 4.78 is 35.7. The summed E-state index contributed by atoms with van der Waals surface area (Å²) in [5.41, 5.74) is 1.17. The fraction of sp³-hybridized carbons (Fsp3) is 0.360. The van der Waals surface area contributed by atoms with Crippen LogP contribution in [0.25, 0.3) is 10.2 Å². The monoisotopic (exact) mass is 497 g/mol. The first-order valence-electron chi connectivity index (χ1n) is 11.0. The molecule has 1 fully saturated rings. The van der Waals surface area contributed by atoms with E-state index in [0.717, 1.165) is 16.6 Å². The number of benzene rings is 2. The van der Waals surface area contributed by atoms with Crippen LogP contribution in [0, 0.1) is 24.2 Å². The molecule has 2 aromatic carbocycles. The second kappa shape index (κ2) is 9.74. The Morgan fingerprint density at radius 2 is 1.85 bits per heavy atom. The van der Waals surface area contributed by atoms with Crippen molar-refractivity contribution in [1.82, 2.24) is 8.87 Å². The van der Waals surface area contributed by atoms with Crippen LogP contribution in [0.15, 0.2) is 52.4 Å². The highest BCUT2D eigenvalue weighted by Gasteiger charge is 2.31. The van der Waals surface area contributed by atoms with Crippen LogP contribution >= 0.6 is 11.3 Å². The van der Waals surface area contributed by atoms with Gasteiger partial charge < -0.3 is 9.30 Å². The Morgan fingerprint density at radius 1 is 1.18 bits per heavy atom. The van der Waals surface area contributed by atoms with Crippen LogP contribution in [0.5, 0.6) is 5.75 Å². The van der Waals surface area contributed by atoms with Gasteiger partial charge in [0, 0.05) is 18.7 Å². The number of aromatic nitrogens is 1. The number of hydrogen-bond donors (Lipinski definition) is 0. The van der Waals surface area contributed by atoms with Crippen molar-refractivity contribution in [2.24, 2.45) is 16.8 Å². The molecule has 0 aliphatic carbocycles. The summed E-state index contributed by atoms with van der Waals surface area (Å²) in [5.74, 6) is 3.47. The number of nitrogens with zero attached hydrogens (tertiary/aromatic N) is 3. The van der Waals surface area contributed by atoms with Crippen molar-refractivity contribution in [1.29, 1.82) is 0 Å². The van der Waals surface area contributed by atoms with E-state index in [-0.39, 0.29) is 11.4 Å². The third-order valence-corrected chi connectivity index (χ3v) is 8.80. The lowest BCUT2D eigenvalue weighted by Gasteiger charge is -2.34. The molecule has 1 amide bonds. The van der Waals surface area contributed by atoms with Gasteiger partial charge in [-0.25, -0.2) is 8.42 Å². The number of fused-ring (bicyclic) bond motifs is 1. The van der Waals surface area contributed by atoms with Crippen molar-refractivity contribution in [3.05, 3.63) is 52.8 Å². The van der Waals surface area contributed by atoms with E-state index in [1.165, 1.54) is 35.6 Å². The van der Waals surface area contributed by atoms with Gasteiger partial charge in [0.25, 0.3) is 5.91 Å². The maximum absolute atomic E-state index is 13.1. The highest BCUT2D eigenvalue weighted by atomic mass is 32.2. The fourth-order valence-corrected chi connectivity index (χ4v) is 7.12. The Bertz CT molecular complexity index is 1420. The molecule has 1 aliphatic heterocycles. The quantitative estimate of drug-likeness (QED) is 0.503. The van der Waals surface area contributed by atoms with E-state index >= 15 is 0 Å². The normalized spacial score (nSPS) is 19.8. The molecule has 2 heterocycles. The highest BCUT2D eigenvalue weighted by molar-refractivity contribution is 7.89. The zero-order chi connectivity index (χ0) is 24.5. The predicted molar refractivity (Wildman–Crippen MR) is 133 cm³/mol. The van der Waals surface area contributed by atoms with Crippen molar-refractivity contribution in [2.75, 3.05) is 20.2 Å². The SMILES string of the molecule is C#CCn1c(=NC(=O)c2ccc(S(=O)(=O)N3CC(C)CC(C)C3)cc2)sc2cc(OC)ccc21. The molecule has 2 atom stereocenters. The number of ether oxygens (including phenoxy) is 1. The Kier molecular flexibility index (Phi) is 6.94. The molecule has 7 nitrogen and oxygen atoms in total. The first-order chi connectivity index (χ1) is 16.2. The molecule has 0 radical (unpaired) electrons. The minimum Gasteiger partial charge on any atom is -0.497 e. The molecule has 2 unspecified atom stereocenters. The summed E-state index contributed by atoms with van der Waals surface area (Å²) >= 11 is 1.34. The maximum atomic E-state index is 13.1. The smallest absolute Gasteiger partial charge is 0.279 e. The van der Waals surface area contributed by atoms with Crippen molar-refractivity contribution in [2.45, 2.75) is 31.7 Å². The number of terminal acetylenes is 1. The van der Waals surface area contributed by atoms with Crippen LogP contribution in [0.4, 0.5) is 0 Å². The number of sulfonamides is 1. The lowest BCUT2D eigenvalue weighted by molar-refractivity contribution is 0.0998. The van der Waals surface area contributed by atoms with Gasteiger partial charge in [0.1, 0.15) is 5.75 Å². The van der Waals surface area contributed by atoms with Gasteiger partial charge in [-0.2, -0.15) is 9.30 Å². The van der Waals surface area contributed by atoms with E-state index in [1.54, 1.807) is 16.0 Å². The summed E-state index contributed by atoms with van der Waals surface area (Å²) in [6, 6.07) is 11.6. The van der Waals surface area contributed by atoms with Gasteiger partial charge in [0.15, 0.2) is 4.80 Å². The topological polar surface area (TPSA) is 81.0 Å². The number of amides is 1. The van der Waals surface area contributed by atoms with Gasteiger partial charge >= 0.3 is 0 Å². The summed E-state index contributed by atoms with van der Waals surface area (Å²) in [7, 11) is -2.02. The second-order valence-electron chi connectivity index (χ2n) is 8.72. The van der Waals surface area contributed by atoms with Crippen molar-refractivity contribution in [3.8, 4) is 18.1 Å². The standard InChI is InChI=1S/C25H27N3O4S2/c1-5-12-28-22-11-8-20(32-4)14-23(22)33-25(28)26-24(29)19-6-9-21(10-7-19)34(30,31)27-15-17(2)13-18(3)16-27/h1,6-11,14,17-18H,12-13,15-16H2,2-4H3. The van der Waals surface area contributed by atoms with E-state index in [2.05, 4.69) is 24.8 Å². The van der Waals surface area contributed by atoms with Crippen LogP contribution < -0.4 is 9.54 Å². The molecule has 0 saturated carbocycles. The van der Waals surface area contributed by atoms with E-state index in [1.807, 2.05) is 18.2 Å². The molecule has 0 N–H and O–H groups in total. The van der Waals surface area contributed by atoms with Crippen LogP contribution in [0.1, 0.15) is 30.6 Å². The Labute approximate surface area is 203 Å². The van der Waals surface area contributed by atoms with E-state index < -0.39 is 15.9 Å². The molecule has 9 heteroatoms. The summed E-state index contributed by atoms with van der Waals surface area (Å²) in [6.07, 6.45) is 6.55. The molecule has 3 aromatic rings. The zero-order valence-electron chi connectivity index (χ0n) is 19.4. The third-order valence-electron chi connectivity index (χ3n) is 5.91. The Hall–Kier alpha value is -2.93. The summed E-state index contributed by atoms with van der Waals surface area (Å²) in [4.78, 5) is 17.9. The molecule has 4 rings (SSSR count). The zero-order valence-corrected chi connectivity index (χ0v) is 21.0. The van der Waals surface area contributed by atoms with Crippen LogP contribution in [-0.4, -0.2) is 43.4 Å². The molecule has 1 aliphatic rings. The van der Waals surface area contributed by atoms with Gasteiger partial charge in [-0.3, -0.25) is 4.79 Å². The van der Waals surface area contributed by atoms with Crippen LogP contribution in [0.3, 0.4) is 0 Å². The van der Waals surface area contributed by atoms with Gasteiger partial charge in [-0.05, 0) is 60.7 Å². The van der Waals surface area contributed by atoms with Gasteiger partial charge in [0.2, 0.25) is 10.0 Å². The Morgan fingerprint density at radius 3 is 2.47 bits per heavy atom. The fourth-order valence-electron chi connectivity index (χ4n) is 4.38. The number of thiazole rings is 1. The van der Waals surface area contributed by atoms with Crippen molar-refractivity contribution >= 4 is 37.5 Å². The molecule has 0 spiro atoms. The molecule has 0 bridgehead atoms. The molecule has 178 valence electrons. The minimum atomic E-state index is -3.61. The average molecular weight is 498 g/mol. The van der Waals surface area contributed by atoms with Gasteiger partial charge in [0.05, 0.1) is 28.8 Å².